The predicted molar refractivity (Wildman–Crippen MR) is 89.0 cm³/mol. The monoisotopic (exact) mass is 332 g/mol. The van der Waals surface area contributed by atoms with Gasteiger partial charge in [-0.05, 0) is 19.4 Å². The minimum Gasteiger partial charge on any atom is -0.463 e. The Labute approximate surface area is 146 Å². The molecule has 1 aromatic carbocycles. The topological polar surface area (TPSA) is 110 Å². The number of dihydropyridines is 1. The van der Waals surface area contributed by atoms with Gasteiger partial charge in [-0.2, -0.15) is 15.8 Å². The fraction of sp³-hybridized carbons (Fsp3) is 0.263. The third-order valence-electron chi connectivity index (χ3n) is 3.89. The van der Waals surface area contributed by atoms with Crippen LogP contribution < -0.4 is 5.32 Å². The standard InChI is InChI=1S/C19H16N4O2/c1-3-25-19(24)16-12(2)23-18(14(9-20)10-21)15(11-22)17(16)13-7-5-4-6-8-13/h4-8,14,17,23H,3H2,1-2H3. The van der Waals surface area contributed by atoms with Crippen molar-refractivity contribution in [1.82, 2.24) is 5.32 Å². The second-order valence-corrected chi connectivity index (χ2v) is 5.36. The second-order valence-electron chi connectivity index (χ2n) is 5.36. The maximum absolute atomic E-state index is 12.5. The lowest BCUT2D eigenvalue weighted by Gasteiger charge is -2.30. The molecule has 0 saturated carbocycles. The highest BCUT2D eigenvalue weighted by molar-refractivity contribution is 5.93. The van der Waals surface area contributed by atoms with Gasteiger partial charge in [0.05, 0.1) is 47.6 Å². The van der Waals surface area contributed by atoms with Crippen LogP contribution in [-0.4, -0.2) is 12.6 Å². The molecule has 1 N–H and O–H groups in total. The summed E-state index contributed by atoms with van der Waals surface area (Å²) in [6.45, 7) is 3.58. The van der Waals surface area contributed by atoms with Crippen LogP contribution >= 0.6 is 0 Å². The van der Waals surface area contributed by atoms with Crippen LogP contribution in [0, 0.1) is 39.9 Å². The number of allylic oxidation sites excluding steroid dienone is 3. The van der Waals surface area contributed by atoms with E-state index in [4.69, 9.17) is 4.74 Å². The number of nitriles is 3. The van der Waals surface area contributed by atoms with Gasteiger partial charge in [-0.1, -0.05) is 30.3 Å². The lowest BCUT2D eigenvalue weighted by atomic mass is 9.79. The van der Waals surface area contributed by atoms with Crippen LogP contribution in [0.3, 0.4) is 0 Å². The molecule has 124 valence electrons. The zero-order chi connectivity index (χ0) is 18.4. The van der Waals surface area contributed by atoms with Crippen molar-refractivity contribution in [1.29, 1.82) is 15.8 Å². The van der Waals surface area contributed by atoms with Crippen molar-refractivity contribution in [2.75, 3.05) is 6.61 Å². The molecule has 1 atom stereocenters. The first-order chi connectivity index (χ1) is 12.1. The molecule has 25 heavy (non-hydrogen) atoms. The summed E-state index contributed by atoms with van der Waals surface area (Å²) in [5.41, 5.74) is 1.88. The van der Waals surface area contributed by atoms with Gasteiger partial charge in [0.1, 0.15) is 0 Å². The van der Waals surface area contributed by atoms with Crippen molar-refractivity contribution in [2.45, 2.75) is 19.8 Å². The molecule has 1 aromatic rings. The summed E-state index contributed by atoms with van der Waals surface area (Å²) in [5, 5.41) is 31.1. The summed E-state index contributed by atoms with van der Waals surface area (Å²) in [7, 11) is 0. The SMILES string of the molecule is CCOC(=O)C1=C(C)NC(C(C#N)C#N)=C(C#N)C1c1ccccc1. The number of esters is 1. The molecule has 1 heterocycles. The first-order valence-electron chi connectivity index (χ1n) is 7.72. The third kappa shape index (κ3) is 3.37. The van der Waals surface area contributed by atoms with Gasteiger partial charge >= 0.3 is 5.97 Å². The van der Waals surface area contributed by atoms with Crippen molar-refractivity contribution in [2.24, 2.45) is 5.92 Å². The number of hydrogen-bond donors (Lipinski definition) is 1. The van der Waals surface area contributed by atoms with E-state index >= 15 is 0 Å². The molecule has 0 bridgehead atoms. The van der Waals surface area contributed by atoms with E-state index in [-0.39, 0.29) is 17.9 Å². The number of benzene rings is 1. The molecule has 1 aliphatic rings. The smallest absolute Gasteiger partial charge is 0.336 e. The molecule has 0 saturated heterocycles. The number of ether oxygens (including phenoxy) is 1. The molecule has 0 aliphatic carbocycles. The van der Waals surface area contributed by atoms with Gasteiger partial charge in [0.25, 0.3) is 0 Å². The maximum atomic E-state index is 12.5. The highest BCUT2D eigenvalue weighted by Crippen LogP contribution is 2.39. The molecule has 0 amide bonds. The van der Waals surface area contributed by atoms with Gasteiger partial charge < -0.3 is 10.1 Å². The van der Waals surface area contributed by atoms with Crippen LogP contribution in [-0.2, 0) is 9.53 Å². The normalized spacial score (nSPS) is 16.6. The van der Waals surface area contributed by atoms with Gasteiger partial charge in [-0.15, -0.1) is 0 Å². The Morgan fingerprint density at radius 1 is 1.24 bits per heavy atom. The molecule has 2 rings (SSSR count). The van der Waals surface area contributed by atoms with Crippen LogP contribution in [0.5, 0.6) is 0 Å². The molecule has 0 aromatic heterocycles. The van der Waals surface area contributed by atoms with Crippen molar-refractivity contribution >= 4 is 5.97 Å². The minimum absolute atomic E-state index is 0.174. The average Bonchev–Trinajstić information content (AvgIpc) is 2.63. The van der Waals surface area contributed by atoms with E-state index in [0.717, 1.165) is 5.56 Å². The largest absolute Gasteiger partial charge is 0.463 e. The second kappa shape index (κ2) is 7.81. The van der Waals surface area contributed by atoms with Gasteiger partial charge in [-0.3, -0.25) is 0 Å². The summed E-state index contributed by atoms with van der Waals surface area (Å²) in [6, 6.07) is 14.9. The van der Waals surface area contributed by atoms with E-state index in [9.17, 15) is 20.6 Å². The number of nitrogens with zero attached hydrogens (tertiary/aromatic N) is 3. The number of hydrogen-bond acceptors (Lipinski definition) is 6. The molecule has 0 radical (unpaired) electrons. The number of nitrogens with one attached hydrogen (secondary N) is 1. The van der Waals surface area contributed by atoms with E-state index < -0.39 is 17.8 Å². The van der Waals surface area contributed by atoms with Crippen LogP contribution in [0.1, 0.15) is 25.3 Å². The fourth-order valence-corrected chi connectivity index (χ4v) is 2.82. The van der Waals surface area contributed by atoms with Crippen LogP contribution in [0.25, 0.3) is 0 Å². The van der Waals surface area contributed by atoms with E-state index in [2.05, 4.69) is 11.4 Å². The summed E-state index contributed by atoms with van der Waals surface area (Å²) >= 11 is 0. The Morgan fingerprint density at radius 3 is 2.40 bits per heavy atom. The van der Waals surface area contributed by atoms with Crippen molar-refractivity contribution in [3.8, 4) is 18.2 Å². The summed E-state index contributed by atoms with van der Waals surface area (Å²) in [6.07, 6.45) is 0. The predicted octanol–water partition coefficient (Wildman–Crippen LogP) is 2.65. The molecule has 6 heteroatoms. The van der Waals surface area contributed by atoms with Gasteiger partial charge in [0.15, 0.2) is 5.92 Å². The quantitative estimate of drug-likeness (QED) is 0.849. The van der Waals surface area contributed by atoms with E-state index in [0.29, 0.717) is 11.3 Å². The Kier molecular flexibility index (Phi) is 5.56. The third-order valence-corrected chi connectivity index (χ3v) is 3.89. The molecule has 6 nitrogen and oxygen atoms in total. The first-order valence-corrected chi connectivity index (χ1v) is 7.72. The lowest BCUT2D eigenvalue weighted by molar-refractivity contribution is -0.138. The van der Waals surface area contributed by atoms with Crippen LogP contribution in [0.4, 0.5) is 0 Å². The molecule has 1 unspecified atom stereocenters. The number of carbonyl (C=O) groups excluding carboxylic acids is 1. The van der Waals surface area contributed by atoms with Crippen LogP contribution in [0.15, 0.2) is 52.9 Å². The zero-order valence-electron chi connectivity index (χ0n) is 13.9. The van der Waals surface area contributed by atoms with Crippen molar-refractivity contribution in [3.05, 3.63) is 58.4 Å². The first kappa shape index (κ1) is 17.8. The average molecular weight is 332 g/mol. The van der Waals surface area contributed by atoms with E-state index in [1.54, 1.807) is 38.1 Å². The molecule has 0 fully saturated rings. The Balaban J connectivity index is 2.71. The Hall–Kier alpha value is -3.56. The zero-order valence-corrected chi connectivity index (χ0v) is 13.9. The van der Waals surface area contributed by atoms with Crippen molar-refractivity contribution in [3.63, 3.8) is 0 Å². The Morgan fingerprint density at radius 2 is 1.88 bits per heavy atom. The summed E-state index contributed by atoms with van der Waals surface area (Å²) in [4.78, 5) is 12.5. The molecule has 0 spiro atoms. The molecule has 1 aliphatic heterocycles. The minimum atomic E-state index is -1.13. The highest BCUT2D eigenvalue weighted by atomic mass is 16.5. The Bertz CT molecular complexity index is 849. The van der Waals surface area contributed by atoms with Crippen molar-refractivity contribution < 1.29 is 9.53 Å². The van der Waals surface area contributed by atoms with E-state index in [1.165, 1.54) is 0 Å². The lowest BCUT2D eigenvalue weighted by Crippen LogP contribution is -2.32. The van der Waals surface area contributed by atoms with Gasteiger partial charge in [0.2, 0.25) is 0 Å². The number of carbonyl (C=O) groups is 1. The van der Waals surface area contributed by atoms with Crippen LogP contribution in [0.2, 0.25) is 0 Å². The summed E-state index contributed by atoms with van der Waals surface area (Å²) < 4.78 is 5.15. The number of rotatable bonds is 4. The molecular weight excluding hydrogens is 316 g/mol. The van der Waals surface area contributed by atoms with E-state index in [1.807, 2.05) is 18.2 Å². The maximum Gasteiger partial charge on any atom is 0.336 e. The highest BCUT2D eigenvalue weighted by Gasteiger charge is 2.37. The molecular formula is C19H16N4O2. The van der Waals surface area contributed by atoms with Gasteiger partial charge in [0, 0.05) is 5.70 Å². The van der Waals surface area contributed by atoms with Gasteiger partial charge in [-0.25, -0.2) is 4.79 Å². The fourth-order valence-electron chi connectivity index (χ4n) is 2.82. The summed E-state index contributed by atoms with van der Waals surface area (Å²) in [5.74, 6) is -2.34.